The molecule has 6 heteroatoms. The molecule has 0 saturated carbocycles. The van der Waals surface area contributed by atoms with E-state index >= 15 is 0 Å². The lowest BCUT2D eigenvalue weighted by molar-refractivity contribution is 0.600. The Balaban J connectivity index is 2.40. The molecule has 0 aliphatic rings. The lowest BCUT2D eigenvalue weighted by Crippen LogP contribution is -2.14. The smallest absolute Gasteiger partial charge is 0.262 e. The van der Waals surface area contributed by atoms with Gasteiger partial charge in [-0.2, -0.15) is 0 Å². The summed E-state index contributed by atoms with van der Waals surface area (Å²) in [5.41, 5.74) is 2.22. The summed E-state index contributed by atoms with van der Waals surface area (Å²) in [6, 6.07) is 10.5. The molecule has 0 aliphatic heterocycles. The zero-order valence-electron chi connectivity index (χ0n) is 10.9. The summed E-state index contributed by atoms with van der Waals surface area (Å²) in [7, 11) is -3.59. The minimum Gasteiger partial charge on any atom is -0.280 e. The molecule has 0 saturated heterocycles. The van der Waals surface area contributed by atoms with Gasteiger partial charge in [-0.15, -0.1) is 0 Å². The molecule has 0 radical (unpaired) electrons. The first-order valence-electron chi connectivity index (χ1n) is 5.85. The molecule has 0 aromatic heterocycles. The Bertz CT molecular complexity index is 758. The molecule has 106 valence electrons. The summed E-state index contributed by atoms with van der Waals surface area (Å²) >= 11 is 6.69. The molecule has 2 aromatic rings. The minimum absolute atomic E-state index is 0.271. The van der Waals surface area contributed by atoms with E-state index in [1.54, 1.807) is 31.2 Å². The fraction of sp³-hybridized carbons (Fsp3) is 0.143. The number of aryl methyl sites for hydroxylation is 2. The van der Waals surface area contributed by atoms with Crippen LogP contribution in [0.1, 0.15) is 11.1 Å². The fourth-order valence-electron chi connectivity index (χ4n) is 1.78. The van der Waals surface area contributed by atoms with Gasteiger partial charge in [0.2, 0.25) is 0 Å². The van der Waals surface area contributed by atoms with Crippen LogP contribution in [0.25, 0.3) is 0 Å². The van der Waals surface area contributed by atoms with Crippen molar-refractivity contribution >= 4 is 47.6 Å². The van der Waals surface area contributed by atoms with Gasteiger partial charge in [0.25, 0.3) is 10.0 Å². The van der Waals surface area contributed by atoms with Gasteiger partial charge in [0, 0.05) is 14.6 Å². The van der Waals surface area contributed by atoms with E-state index in [9.17, 15) is 8.42 Å². The highest BCUT2D eigenvalue weighted by molar-refractivity contribution is 9.10. The van der Waals surface area contributed by atoms with E-state index < -0.39 is 10.0 Å². The van der Waals surface area contributed by atoms with Crippen molar-refractivity contribution in [3.8, 4) is 0 Å². The Morgan fingerprint density at radius 3 is 2.30 bits per heavy atom. The van der Waals surface area contributed by atoms with Crippen molar-refractivity contribution < 1.29 is 8.42 Å². The van der Waals surface area contributed by atoms with Crippen LogP contribution in [0.2, 0.25) is 0 Å². The van der Waals surface area contributed by atoms with Crippen molar-refractivity contribution in [3.63, 3.8) is 0 Å². The van der Waals surface area contributed by atoms with Gasteiger partial charge < -0.3 is 0 Å². The monoisotopic (exact) mass is 417 g/mol. The van der Waals surface area contributed by atoms with Crippen molar-refractivity contribution in [1.29, 1.82) is 0 Å². The second-order valence-corrected chi connectivity index (χ2v) is 7.90. The lowest BCUT2D eigenvalue weighted by atomic mass is 10.2. The van der Waals surface area contributed by atoms with E-state index in [2.05, 4.69) is 36.6 Å². The summed E-state index contributed by atoms with van der Waals surface area (Å²) < 4.78 is 29.1. The molecule has 0 spiro atoms. The van der Waals surface area contributed by atoms with Crippen LogP contribution in [0, 0.1) is 13.8 Å². The Kier molecular flexibility index (Phi) is 4.56. The molecular formula is C14H13Br2NO2S. The maximum atomic E-state index is 12.4. The van der Waals surface area contributed by atoms with Gasteiger partial charge >= 0.3 is 0 Å². The molecule has 2 rings (SSSR count). The summed E-state index contributed by atoms with van der Waals surface area (Å²) in [5.74, 6) is 0. The Labute approximate surface area is 135 Å². The largest absolute Gasteiger partial charge is 0.280 e. The van der Waals surface area contributed by atoms with Crippen molar-refractivity contribution in [3.05, 3.63) is 56.5 Å². The first-order chi connectivity index (χ1) is 9.29. The molecule has 0 aliphatic carbocycles. The van der Waals surface area contributed by atoms with Crippen LogP contribution in [0.3, 0.4) is 0 Å². The predicted octanol–water partition coefficient (Wildman–Crippen LogP) is 4.63. The number of benzene rings is 2. The third-order valence-corrected chi connectivity index (χ3v) is 5.76. The molecular weight excluding hydrogens is 406 g/mol. The van der Waals surface area contributed by atoms with E-state index in [0.29, 0.717) is 11.3 Å². The van der Waals surface area contributed by atoms with Gasteiger partial charge in [-0.05, 0) is 55.3 Å². The molecule has 0 amide bonds. The van der Waals surface area contributed by atoms with Gasteiger partial charge in [0.15, 0.2) is 0 Å². The van der Waals surface area contributed by atoms with Crippen molar-refractivity contribution in [2.75, 3.05) is 4.72 Å². The van der Waals surface area contributed by atoms with Crippen LogP contribution in [0.5, 0.6) is 0 Å². The van der Waals surface area contributed by atoms with Gasteiger partial charge in [-0.25, -0.2) is 8.42 Å². The molecule has 0 unspecified atom stereocenters. The number of rotatable bonds is 3. The third-order valence-electron chi connectivity index (χ3n) is 2.85. The van der Waals surface area contributed by atoms with E-state index in [0.717, 1.165) is 14.5 Å². The number of nitrogens with one attached hydrogen (secondary N) is 1. The first-order valence-corrected chi connectivity index (χ1v) is 8.91. The van der Waals surface area contributed by atoms with Crippen LogP contribution in [-0.4, -0.2) is 8.42 Å². The predicted molar refractivity (Wildman–Crippen MR) is 88.6 cm³/mol. The Hall–Kier alpha value is -0.850. The minimum atomic E-state index is -3.59. The number of anilines is 1. The van der Waals surface area contributed by atoms with Crippen LogP contribution in [0.15, 0.2) is 50.2 Å². The number of hydrogen-bond donors (Lipinski definition) is 1. The average molecular weight is 419 g/mol. The summed E-state index contributed by atoms with van der Waals surface area (Å²) in [6.45, 7) is 3.68. The fourth-order valence-corrected chi connectivity index (χ4v) is 3.86. The molecule has 3 nitrogen and oxygen atoms in total. The maximum Gasteiger partial charge on any atom is 0.262 e. The van der Waals surface area contributed by atoms with Gasteiger partial charge in [-0.1, -0.05) is 37.9 Å². The number of halogens is 2. The van der Waals surface area contributed by atoms with Crippen molar-refractivity contribution in [2.24, 2.45) is 0 Å². The van der Waals surface area contributed by atoms with Crippen LogP contribution >= 0.6 is 31.9 Å². The lowest BCUT2D eigenvalue weighted by Gasteiger charge is -2.11. The SMILES string of the molecule is Cc1cc(NS(=O)(=O)c2cc(Br)ccc2C)ccc1Br. The zero-order chi connectivity index (χ0) is 14.9. The van der Waals surface area contributed by atoms with Gasteiger partial charge in [0.1, 0.15) is 0 Å². The topological polar surface area (TPSA) is 46.2 Å². The van der Waals surface area contributed by atoms with Crippen LogP contribution in [-0.2, 0) is 10.0 Å². The highest BCUT2D eigenvalue weighted by atomic mass is 79.9. The van der Waals surface area contributed by atoms with E-state index in [1.165, 1.54) is 0 Å². The standard InChI is InChI=1S/C14H13Br2NO2S/c1-9-3-4-11(15)8-14(9)20(18,19)17-12-5-6-13(16)10(2)7-12/h3-8,17H,1-2H3. The molecule has 2 aromatic carbocycles. The second kappa shape index (κ2) is 5.87. The number of sulfonamides is 1. The second-order valence-electron chi connectivity index (χ2n) is 4.48. The van der Waals surface area contributed by atoms with E-state index in [4.69, 9.17) is 0 Å². The van der Waals surface area contributed by atoms with E-state index in [-0.39, 0.29) is 4.90 Å². The average Bonchev–Trinajstić information content (AvgIpc) is 2.36. The summed E-state index contributed by atoms with van der Waals surface area (Å²) in [6.07, 6.45) is 0. The Morgan fingerprint density at radius 2 is 1.65 bits per heavy atom. The Morgan fingerprint density at radius 1 is 0.950 bits per heavy atom. The first kappa shape index (κ1) is 15.5. The summed E-state index contributed by atoms with van der Waals surface area (Å²) in [5, 5.41) is 0. The molecule has 0 bridgehead atoms. The highest BCUT2D eigenvalue weighted by Gasteiger charge is 2.17. The summed E-state index contributed by atoms with van der Waals surface area (Å²) in [4.78, 5) is 0.271. The quantitative estimate of drug-likeness (QED) is 0.789. The van der Waals surface area contributed by atoms with Crippen molar-refractivity contribution in [2.45, 2.75) is 18.7 Å². The van der Waals surface area contributed by atoms with Crippen LogP contribution < -0.4 is 4.72 Å². The van der Waals surface area contributed by atoms with E-state index in [1.807, 2.05) is 19.1 Å². The molecule has 0 fully saturated rings. The molecule has 20 heavy (non-hydrogen) atoms. The van der Waals surface area contributed by atoms with Gasteiger partial charge in [-0.3, -0.25) is 4.72 Å². The molecule has 1 N–H and O–H groups in total. The third kappa shape index (κ3) is 3.42. The molecule has 0 heterocycles. The number of hydrogen-bond acceptors (Lipinski definition) is 2. The van der Waals surface area contributed by atoms with Crippen molar-refractivity contribution in [1.82, 2.24) is 0 Å². The maximum absolute atomic E-state index is 12.4. The normalized spacial score (nSPS) is 11.4. The highest BCUT2D eigenvalue weighted by Crippen LogP contribution is 2.25. The molecule has 0 atom stereocenters. The van der Waals surface area contributed by atoms with Gasteiger partial charge in [0.05, 0.1) is 4.90 Å². The zero-order valence-corrected chi connectivity index (χ0v) is 14.9. The van der Waals surface area contributed by atoms with Crippen LogP contribution in [0.4, 0.5) is 5.69 Å².